The van der Waals surface area contributed by atoms with Gasteiger partial charge in [0.25, 0.3) is 0 Å². The standard InChI is InChI=1S/C14H25N3O2/c1-4-14-10-16(5-6-17(14)8-11(2)18)9-13-7-12(3)19-15-13/h7,11,14,18H,4-6,8-10H2,1-3H3. The number of piperazine rings is 1. The van der Waals surface area contributed by atoms with Gasteiger partial charge in [0.15, 0.2) is 0 Å². The molecule has 1 aromatic rings. The minimum absolute atomic E-state index is 0.251. The lowest BCUT2D eigenvalue weighted by Gasteiger charge is -2.41. The number of rotatable bonds is 5. The number of hydrogen-bond acceptors (Lipinski definition) is 5. The van der Waals surface area contributed by atoms with Crippen LogP contribution in [0, 0.1) is 6.92 Å². The Morgan fingerprint density at radius 2 is 2.32 bits per heavy atom. The average Bonchev–Trinajstić information content (AvgIpc) is 2.76. The topological polar surface area (TPSA) is 52.7 Å². The van der Waals surface area contributed by atoms with Gasteiger partial charge >= 0.3 is 0 Å². The quantitative estimate of drug-likeness (QED) is 0.870. The highest BCUT2D eigenvalue weighted by molar-refractivity contribution is 5.03. The molecule has 2 heterocycles. The number of nitrogens with zero attached hydrogens (tertiary/aromatic N) is 3. The summed E-state index contributed by atoms with van der Waals surface area (Å²) >= 11 is 0. The van der Waals surface area contributed by atoms with Crippen LogP contribution in [0.25, 0.3) is 0 Å². The van der Waals surface area contributed by atoms with Crippen molar-refractivity contribution >= 4 is 0 Å². The summed E-state index contributed by atoms with van der Waals surface area (Å²) in [6.07, 6.45) is 0.861. The summed E-state index contributed by atoms with van der Waals surface area (Å²) in [5.41, 5.74) is 1.01. The van der Waals surface area contributed by atoms with Crippen LogP contribution in [-0.2, 0) is 6.54 Å². The van der Waals surface area contributed by atoms with Gasteiger partial charge < -0.3 is 9.63 Å². The number of β-amino-alcohol motifs (C(OH)–C–C–N with tert-alkyl or cyclic N) is 1. The average molecular weight is 267 g/mol. The molecular formula is C14H25N3O2. The van der Waals surface area contributed by atoms with Gasteiger partial charge in [0.05, 0.1) is 11.8 Å². The maximum atomic E-state index is 9.54. The van der Waals surface area contributed by atoms with Gasteiger partial charge in [-0.2, -0.15) is 0 Å². The Morgan fingerprint density at radius 3 is 2.89 bits per heavy atom. The highest BCUT2D eigenvalue weighted by Crippen LogP contribution is 2.16. The Labute approximate surface area is 115 Å². The smallest absolute Gasteiger partial charge is 0.133 e. The molecule has 1 aliphatic rings. The molecule has 19 heavy (non-hydrogen) atoms. The van der Waals surface area contributed by atoms with E-state index in [9.17, 15) is 5.11 Å². The van der Waals surface area contributed by atoms with Crippen molar-refractivity contribution in [3.05, 3.63) is 17.5 Å². The molecule has 0 bridgehead atoms. The number of aryl methyl sites for hydroxylation is 1. The number of aromatic nitrogens is 1. The predicted octanol–water partition coefficient (Wildman–Crippen LogP) is 1.26. The molecule has 0 spiro atoms. The molecule has 1 saturated heterocycles. The van der Waals surface area contributed by atoms with Crippen molar-refractivity contribution in [3.8, 4) is 0 Å². The largest absolute Gasteiger partial charge is 0.392 e. The van der Waals surface area contributed by atoms with Crippen LogP contribution >= 0.6 is 0 Å². The third kappa shape index (κ3) is 4.03. The molecule has 108 valence electrons. The van der Waals surface area contributed by atoms with E-state index in [2.05, 4.69) is 21.9 Å². The first-order valence-electron chi connectivity index (χ1n) is 7.15. The molecule has 2 rings (SSSR count). The van der Waals surface area contributed by atoms with E-state index in [4.69, 9.17) is 4.52 Å². The van der Waals surface area contributed by atoms with Gasteiger partial charge in [-0.1, -0.05) is 12.1 Å². The summed E-state index contributed by atoms with van der Waals surface area (Å²) in [7, 11) is 0. The van der Waals surface area contributed by atoms with Gasteiger partial charge in [0.1, 0.15) is 5.76 Å². The summed E-state index contributed by atoms with van der Waals surface area (Å²) in [6, 6.07) is 2.53. The van der Waals surface area contributed by atoms with Crippen molar-refractivity contribution in [1.29, 1.82) is 0 Å². The van der Waals surface area contributed by atoms with E-state index >= 15 is 0 Å². The molecular weight excluding hydrogens is 242 g/mol. The van der Waals surface area contributed by atoms with Crippen LogP contribution in [-0.4, -0.2) is 58.4 Å². The molecule has 0 aliphatic carbocycles. The highest BCUT2D eigenvalue weighted by atomic mass is 16.5. The van der Waals surface area contributed by atoms with Crippen LogP contribution in [0.2, 0.25) is 0 Å². The van der Waals surface area contributed by atoms with Gasteiger partial charge in [-0.05, 0) is 20.3 Å². The maximum Gasteiger partial charge on any atom is 0.133 e. The summed E-state index contributed by atoms with van der Waals surface area (Å²) < 4.78 is 5.11. The van der Waals surface area contributed by atoms with Gasteiger partial charge in [0.2, 0.25) is 0 Å². The minimum Gasteiger partial charge on any atom is -0.392 e. The van der Waals surface area contributed by atoms with Gasteiger partial charge in [-0.3, -0.25) is 9.80 Å². The second kappa shape index (κ2) is 6.50. The summed E-state index contributed by atoms with van der Waals surface area (Å²) in [5, 5.41) is 13.6. The van der Waals surface area contributed by atoms with E-state index in [0.717, 1.165) is 50.6 Å². The van der Waals surface area contributed by atoms with E-state index < -0.39 is 0 Å². The Balaban J connectivity index is 1.89. The first-order valence-corrected chi connectivity index (χ1v) is 7.15. The normalized spacial score (nSPS) is 23.7. The third-order valence-electron chi connectivity index (χ3n) is 3.72. The monoisotopic (exact) mass is 267 g/mol. The molecule has 0 radical (unpaired) electrons. The van der Waals surface area contributed by atoms with Crippen molar-refractivity contribution in [3.63, 3.8) is 0 Å². The molecule has 1 aliphatic heterocycles. The molecule has 2 unspecified atom stereocenters. The Hall–Kier alpha value is -0.910. The van der Waals surface area contributed by atoms with Crippen LogP contribution in [0.1, 0.15) is 31.7 Å². The van der Waals surface area contributed by atoms with Gasteiger partial charge in [-0.25, -0.2) is 0 Å². The lowest BCUT2D eigenvalue weighted by Crippen LogP contribution is -2.54. The predicted molar refractivity (Wildman–Crippen MR) is 73.8 cm³/mol. The highest BCUT2D eigenvalue weighted by Gasteiger charge is 2.26. The van der Waals surface area contributed by atoms with Crippen molar-refractivity contribution in [2.45, 2.75) is 45.9 Å². The van der Waals surface area contributed by atoms with E-state index in [1.165, 1.54) is 0 Å². The van der Waals surface area contributed by atoms with Crippen LogP contribution in [0.3, 0.4) is 0 Å². The molecule has 5 nitrogen and oxygen atoms in total. The van der Waals surface area contributed by atoms with Crippen molar-refractivity contribution in [2.75, 3.05) is 26.2 Å². The van der Waals surface area contributed by atoms with Crippen LogP contribution in [0.5, 0.6) is 0 Å². The van der Waals surface area contributed by atoms with Crippen molar-refractivity contribution in [2.24, 2.45) is 0 Å². The van der Waals surface area contributed by atoms with E-state index in [1.54, 1.807) is 0 Å². The molecule has 1 aromatic heterocycles. The minimum atomic E-state index is -0.251. The maximum absolute atomic E-state index is 9.54. The zero-order valence-corrected chi connectivity index (χ0v) is 12.2. The zero-order chi connectivity index (χ0) is 13.8. The second-order valence-electron chi connectivity index (χ2n) is 5.57. The third-order valence-corrected chi connectivity index (χ3v) is 3.72. The zero-order valence-electron chi connectivity index (χ0n) is 12.2. The summed E-state index contributed by atoms with van der Waals surface area (Å²) in [5.74, 6) is 0.870. The molecule has 1 fully saturated rings. The summed E-state index contributed by atoms with van der Waals surface area (Å²) in [6.45, 7) is 10.7. The van der Waals surface area contributed by atoms with E-state index in [1.807, 2.05) is 19.9 Å². The van der Waals surface area contributed by atoms with E-state index in [0.29, 0.717) is 6.04 Å². The fraction of sp³-hybridized carbons (Fsp3) is 0.786. The summed E-state index contributed by atoms with van der Waals surface area (Å²) in [4.78, 5) is 4.82. The molecule has 5 heteroatoms. The van der Waals surface area contributed by atoms with Crippen molar-refractivity contribution < 1.29 is 9.63 Å². The lowest BCUT2D eigenvalue weighted by atomic mass is 10.1. The first kappa shape index (κ1) is 14.5. The van der Waals surface area contributed by atoms with Crippen molar-refractivity contribution in [1.82, 2.24) is 15.0 Å². The van der Waals surface area contributed by atoms with Gasteiger partial charge in [-0.15, -0.1) is 0 Å². The fourth-order valence-corrected chi connectivity index (χ4v) is 2.79. The number of aliphatic hydroxyl groups is 1. The molecule has 0 amide bonds. The number of aliphatic hydroxyl groups excluding tert-OH is 1. The van der Waals surface area contributed by atoms with Crippen LogP contribution in [0.15, 0.2) is 10.6 Å². The fourth-order valence-electron chi connectivity index (χ4n) is 2.79. The Bertz CT molecular complexity index is 392. The second-order valence-corrected chi connectivity index (χ2v) is 5.57. The lowest BCUT2D eigenvalue weighted by molar-refractivity contribution is 0.0330. The Morgan fingerprint density at radius 1 is 1.53 bits per heavy atom. The molecule has 0 saturated carbocycles. The first-order chi connectivity index (χ1) is 9.08. The number of hydrogen-bond donors (Lipinski definition) is 1. The SMILES string of the molecule is CCC1CN(Cc2cc(C)on2)CCN1CC(C)O. The Kier molecular flexibility index (Phi) is 4.96. The van der Waals surface area contributed by atoms with Crippen LogP contribution in [0.4, 0.5) is 0 Å². The van der Waals surface area contributed by atoms with Crippen LogP contribution < -0.4 is 0 Å². The van der Waals surface area contributed by atoms with Gasteiger partial charge in [0, 0.05) is 44.8 Å². The molecule has 2 atom stereocenters. The molecule has 0 aromatic carbocycles. The van der Waals surface area contributed by atoms with E-state index in [-0.39, 0.29) is 6.10 Å². The molecule has 1 N–H and O–H groups in total.